The number of methoxy groups -OCH3 is 1. The van der Waals surface area contributed by atoms with Crippen LogP contribution in [0.15, 0.2) is 91.0 Å². The molecule has 4 nitrogen and oxygen atoms in total. The first-order valence-corrected chi connectivity index (χ1v) is 10.9. The van der Waals surface area contributed by atoms with Crippen LogP contribution in [0, 0.1) is 5.92 Å². The number of carbonyl (C=O) groups excluding carboxylic acids is 2. The lowest BCUT2D eigenvalue weighted by molar-refractivity contribution is -0.143. The van der Waals surface area contributed by atoms with Crippen LogP contribution in [0.3, 0.4) is 0 Å². The van der Waals surface area contributed by atoms with Crippen molar-refractivity contribution in [3.8, 4) is 0 Å². The lowest BCUT2D eigenvalue weighted by Gasteiger charge is -2.23. The van der Waals surface area contributed by atoms with E-state index in [2.05, 4.69) is 5.32 Å². The van der Waals surface area contributed by atoms with E-state index in [1.54, 1.807) is 18.2 Å². The molecule has 4 atom stereocenters. The Morgan fingerprint density at radius 1 is 0.875 bits per heavy atom. The highest BCUT2D eigenvalue weighted by molar-refractivity contribution is 6.30. The Morgan fingerprint density at radius 2 is 1.50 bits per heavy atom. The van der Waals surface area contributed by atoms with Gasteiger partial charge in [-0.15, -0.1) is 0 Å². The van der Waals surface area contributed by atoms with E-state index < -0.39 is 12.0 Å². The van der Waals surface area contributed by atoms with Gasteiger partial charge in [0, 0.05) is 17.0 Å². The molecule has 1 heterocycles. The number of hydrogen-bond donors (Lipinski definition) is 1. The number of hydrogen-bond acceptors (Lipinski definition) is 4. The maximum absolute atomic E-state index is 13.6. The van der Waals surface area contributed by atoms with Gasteiger partial charge in [0.15, 0.2) is 5.78 Å². The van der Waals surface area contributed by atoms with Crippen molar-refractivity contribution in [1.82, 2.24) is 5.32 Å². The zero-order valence-corrected chi connectivity index (χ0v) is 18.4. The highest BCUT2D eigenvalue weighted by Crippen LogP contribution is 2.44. The van der Waals surface area contributed by atoms with E-state index in [0.717, 1.165) is 16.7 Å². The van der Waals surface area contributed by atoms with Crippen molar-refractivity contribution in [2.24, 2.45) is 5.92 Å². The molecule has 4 rings (SSSR count). The zero-order valence-electron chi connectivity index (χ0n) is 17.6. The van der Waals surface area contributed by atoms with E-state index in [4.69, 9.17) is 16.3 Å². The van der Waals surface area contributed by atoms with Crippen LogP contribution in [0.1, 0.15) is 28.7 Å². The Labute approximate surface area is 192 Å². The Bertz CT molecular complexity index is 1100. The molecule has 1 aliphatic rings. The highest BCUT2D eigenvalue weighted by atomic mass is 35.5. The maximum Gasteiger partial charge on any atom is 0.323 e. The van der Waals surface area contributed by atoms with Crippen LogP contribution < -0.4 is 5.32 Å². The van der Waals surface area contributed by atoms with Gasteiger partial charge in [-0.25, -0.2) is 0 Å². The number of nitrogens with one attached hydrogen (secondary N) is 1. The number of carbonyl (C=O) groups is 2. The number of ether oxygens (including phenoxy) is 1. The monoisotopic (exact) mass is 445 g/mol. The molecular formula is C27H24ClNO3. The Balaban J connectivity index is 1.77. The van der Waals surface area contributed by atoms with Crippen LogP contribution in [-0.4, -0.2) is 24.9 Å². The molecule has 0 unspecified atom stereocenters. The fraction of sp³-hybridized carbons (Fsp3) is 0.185. The molecule has 0 amide bonds. The van der Waals surface area contributed by atoms with Gasteiger partial charge in [-0.2, -0.15) is 0 Å². The second-order valence-electron chi connectivity index (χ2n) is 7.81. The molecule has 0 aromatic heterocycles. The molecule has 1 aliphatic heterocycles. The van der Waals surface area contributed by atoms with E-state index >= 15 is 0 Å². The molecule has 1 fully saturated rings. The lowest BCUT2D eigenvalue weighted by atomic mass is 9.77. The molecule has 3 aromatic rings. The fourth-order valence-corrected chi connectivity index (χ4v) is 4.53. The molecule has 3 aromatic carbocycles. The summed E-state index contributed by atoms with van der Waals surface area (Å²) in [6.07, 6.45) is 3.43. The average molecular weight is 446 g/mol. The fourth-order valence-electron chi connectivity index (χ4n) is 4.40. The lowest BCUT2D eigenvalue weighted by Crippen LogP contribution is -2.36. The first kappa shape index (κ1) is 22.0. The average Bonchev–Trinajstić information content (AvgIpc) is 3.24. The Kier molecular flexibility index (Phi) is 6.84. The van der Waals surface area contributed by atoms with Crippen molar-refractivity contribution in [1.29, 1.82) is 0 Å². The number of halogens is 1. The summed E-state index contributed by atoms with van der Waals surface area (Å²) in [7, 11) is 1.37. The minimum absolute atomic E-state index is 0.0541. The van der Waals surface area contributed by atoms with Gasteiger partial charge in [-0.1, -0.05) is 90.5 Å². The smallest absolute Gasteiger partial charge is 0.323 e. The van der Waals surface area contributed by atoms with Gasteiger partial charge in [-0.3, -0.25) is 14.9 Å². The molecule has 5 heteroatoms. The molecule has 0 bridgehead atoms. The molecule has 0 saturated carbocycles. The summed E-state index contributed by atoms with van der Waals surface area (Å²) in [4.78, 5) is 26.3. The van der Waals surface area contributed by atoms with Gasteiger partial charge < -0.3 is 4.74 Å². The van der Waals surface area contributed by atoms with Crippen molar-refractivity contribution in [3.05, 3.63) is 113 Å². The summed E-state index contributed by atoms with van der Waals surface area (Å²) >= 11 is 6.09. The van der Waals surface area contributed by atoms with Crippen LogP contribution >= 0.6 is 11.6 Å². The third kappa shape index (κ3) is 4.67. The van der Waals surface area contributed by atoms with Gasteiger partial charge in [0.25, 0.3) is 0 Å². The van der Waals surface area contributed by atoms with Crippen LogP contribution in [0.25, 0.3) is 6.08 Å². The molecule has 0 aliphatic carbocycles. The summed E-state index contributed by atoms with van der Waals surface area (Å²) < 4.78 is 5.09. The second kappa shape index (κ2) is 9.94. The summed E-state index contributed by atoms with van der Waals surface area (Å²) in [5.74, 6) is -1.32. The molecular weight excluding hydrogens is 422 g/mol. The van der Waals surface area contributed by atoms with E-state index in [0.29, 0.717) is 5.02 Å². The predicted molar refractivity (Wildman–Crippen MR) is 126 cm³/mol. The standard InChI is InChI=1S/C27H24ClNO3/c1-32-27(31)26-23(19-10-6-3-7-11-19)24(22(30)17-12-18-8-4-2-5-9-18)25(29-26)20-13-15-21(28)16-14-20/h2-17,23-26,29H,1H3/b17-12+/t23-,24-,25-,26-/m0/s1. The summed E-state index contributed by atoms with van der Waals surface area (Å²) in [5.41, 5.74) is 2.75. The number of allylic oxidation sites excluding steroid dienone is 1. The molecule has 0 spiro atoms. The number of esters is 1. The minimum Gasteiger partial charge on any atom is -0.468 e. The Hall–Kier alpha value is -3.21. The van der Waals surface area contributed by atoms with Crippen LogP contribution in [0.2, 0.25) is 5.02 Å². The third-order valence-electron chi connectivity index (χ3n) is 5.90. The topological polar surface area (TPSA) is 55.4 Å². The van der Waals surface area contributed by atoms with E-state index in [9.17, 15) is 9.59 Å². The maximum atomic E-state index is 13.6. The molecule has 32 heavy (non-hydrogen) atoms. The summed E-state index contributed by atoms with van der Waals surface area (Å²) in [6, 6.07) is 25.7. The first-order valence-electron chi connectivity index (χ1n) is 10.5. The van der Waals surface area contributed by atoms with Crippen molar-refractivity contribution in [2.75, 3.05) is 7.11 Å². The van der Waals surface area contributed by atoms with E-state index in [-0.39, 0.29) is 23.7 Å². The van der Waals surface area contributed by atoms with Crippen molar-refractivity contribution < 1.29 is 14.3 Å². The number of ketones is 1. The minimum atomic E-state index is -0.651. The molecule has 1 saturated heterocycles. The van der Waals surface area contributed by atoms with E-state index in [1.165, 1.54) is 7.11 Å². The van der Waals surface area contributed by atoms with Gasteiger partial charge in [0.2, 0.25) is 0 Å². The number of rotatable bonds is 6. The summed E-state index contributed by atoms with van der Waals surface area (Å²) in [6.45, 7) is 0. The van der Waals surface area contributed by atoms with Gasteiger partial charge in [-0.05, 0) is 34.9 Å². The largest absolute Gasteiger partial charge is 0.468 e. The van der Waals surface area contributed by atoms with Crippen molar-refractivity contribution in [3.63, 3.8) is 0 Å². The second-order valence-corrected chi connectivity index (χ2v) is 8.24. The van der Waals surface area contributed by atoms with Crippen molar-refractivity contribution in [2.45, 2.75) is 18.0 Å². The highest BCUT2D eigenvalue weighted by Gasteiger charge is 2.50. The SMILES string of the molecule is COC(=O)[C@H]1N[C@@H](c2ccc(Cl)cc2)[C@@H](C(=O)/C=C/c2ccccc2)[C@@H]1c1ccccc1. The van der Waals surface area contributed by atoms with Gasteiger partial charge in [0.1, 0.15) is 6.04 Å². The molecule has 1 N–H and O–H groups in total. The van der Waals surface area contributed by atoms with Crippen LogP contribution in [-0.2, 0) is 14.3 Å². The third-order valence-corrected chi connectivity index (χ3v) is 6.15. The zero-order chi connectivity index (χ0) is 22.5. The summed E-state index contributed by atoms with van der Waals surface area (Å²) in [5, 5.41) is 4.00. The van der Waals surface area contributed by atoms with Gasteiger partial charge in [0.05, 0.1) is 13.0 Å². The quantitative estimate of drug-likeness (QED) is 0.418. The normalized spacial score (nSPS) is 22.7. The van der Waals surface area contributed by atoms with Gasteiger partial charge >= 0.3 is 5.97 Å². The molecule has 0 radical (unpaired) electrons. The first-order chi connectivity index (χ1) is 15.6. The number of benzene rings is 3. The predicted octanol–water partition coefficient (Wildman–Crippen LogP) is 5.21. The van der Waals surface area contributed by atoms with Crippen molar-refractivity contribution >= 4 is 29.4 Å². The van der Waals surface area contributed by atoms with Crippen LogP contribution in [0.5, 0.6) is 0 Å². The molecule has 162 valence electrons. The van der Waals surface area contributed by atoms with Crippen LogP contribution in [0.4, 0.5) is 0 Å². The Morgan fingerprint density at radius 3 is 2.12 bits per heavy atom. The van der Waals surface area contributed by atoms with E-state index in [1.807, 2.05) is 78.9 Å².